The lowest BCUT2D eigenvalue weighted by Crippen LogP contribution is -2.22. The van der Waals surface area contributed by atoms with Crippen LogP contribution in [0.25, 0.3) is 0 Å². The van der Waals surface area contributed by atoms with Gasteiger partial charge in [-0.25, -0.2) is 27.2 Å². The lowest BCUT2D eigenvalue weighted by molar-refractivity contribution is 0.102. The number of hydrogen-bond acceptors (Lipinski definition) is 6. The molecule has 7 nitrogen and oxygen atoms in total. The van der Waals surface area contributed by atoms with E-state index in [1.54, 1.807) is 0 Å². The van der Waals surface area contributed by atoms with Gasteiger partial charge in [-0.2, -0.15) is 0 Å². The Bertz CT molecular complexity index is 921. The fourth-order valence-electron chi connectivity index (χ4n) is 2.46. The largest absolute Gasteiger partial charge is 0.366 e. The highest BCUT2D eigenvalue weighted by atomic mass is 32.2. The number of nitrogens with zero attached hydrogens (tertiary/aromatic N) is 2. The molecule has 1 fully saturated rings. The number of aromatic nitrogens is 2. The Morgan fingerprint density at radius 2 is 2.00 bits per heavy atom. The summed E-state index contributed by atoms with van der Waals surface area (Å²) in [6, 6.07) is 3.83. The summed E-state index contributed by atoms with van der Waals surface area (Å²) in [6.07, 6.45) is 1.59. The van der Waals surface area contributed by atoms with Crippen molar-refractivity contribution >= 4 is 27.2 Å². The van der Waals surface area contributed by atoms with Crippen LogP contribution in [-0.2, 0) is 9.84 Å². The molecule has 2 aromatic rings. The van der Waals surface area contributed by atoms with Crippen LogP contribution in [0.1, 0.15) is 16.9 Å². The second kappa shape index (κ2) is 6.71. The van der Waals surface area contributed by atoms with Gasteiger partial charge in [-0.05, 0) is 18.6 Å². The standard InChI is InChI=1S/C15H14F2N4O3S/c16-9-1-2-12(11(17)5-9)21-15(22)13-6-14(19-8-18-13)20-10-3-4-25(23,24)7-10/h1-2,5-6,8,10H,3-4,7H2,(H,21,22)(H,18,19,20). The van der Waals surface area contributed by atoms with Crippen molar-refractivity contribution < 1.29 is 22.0 Å². The number of carbonyl (C=O) groups is 1. The molecule has 1 saturated heterocycles. The van der Waals surface area contributed by atoms with Gasteiger partial charge in [-0.15, -0.1) is 0 Å². The first-order chi connectivity index (χ1) is 11.8. The molecule has 1 unspecified atom stereocenters. The molecule has 1 aromatic carbocycles. The summed E-state index contributed by atoms with van der Waals surface area (Å²) in [5.74, 6) is -1.96. The molecule has 25 heavy (non-hydrogen) atoms. The highest BCUT2D eigenvalue weighted by Gasteiger charge is 2.28. The Morgan fingerprint density at radius 1 is 1.20 bits per heavy atom. The van der Waals surface area contributed by atoms with Crippen molar-refractivity contribution in [3.8, 4) is 0 Å². The first-order valence-electron chi connectivity index (χ1n) is 7.38. The zero-order valence-electron chi connectivity index (χ0n) is 12.9. The molecule has 1 aliphatic rings. The van der Waals surface area contributed by atoms with E-state index in [4.69, 9.17) is 0 Å². The second-order valence-electron chi connectivity index (χ2n) is 5.61. The van der Waals surface area contributed by atoms with E-state index in [9.17, 15) is 22.0 Å². The third-order valence-corrected chi connectivity index (χ3v) is 5.43. The fraction of sp³-hybridized carbons (Fsp3) is 0.267. The zero-order chi connectivity index (χ0) is 18.0. The number of amides is 1. The van der Waals surface area contributed by atoms with Crippen LogP contribution in [-0.4, -0.2) is 41.8 Å². The molecule has 132 valence electrons. The maximum atomic E-state index is 13.6. The Kier molecular flexibility index (Phi) is 4.62. The first-order valence-corrected chi connectivity index (χ1v) is 9.20. The van der Waals surface area contributed by atoms with Crippen LogP contribution in [0.4, 0.5) is 20.3 Å². The zero-order valence-corrected chi connectivity index (χ0v) is 13.7. The lowest BCUT2D eigenvalue weighted by Gasteiger charge is -2.12. The summed E-state index contributed by atoms with van der Waals surface area (Å²) in [7, 11) is -3.05. The molecule has 0 bridgehead atoms. The van der Waals surface area contributed by atoms with Crippen LogP contribution < -0.4 is 10.6 Å². The van der Waals surface area contributed by atoms with Gasteiger partial charge in [-0.3, -0.25) is 4.79 Å². The van der Waals surface area contributed by atoms with E-state index in [0.717, 1.165) is 18.5 Å². The normalized spacial score (nSPS) is 18.7. The Morgan fingerprint density at radius 3 is 2.68 bits per heavy atom. The SMILES string of the molecule is O=C(Nc1ccc(F)cc1F)c1cc(NC2CCS(=O)(=O)C2)ncn1. The summed E-state index contributed by atoms with van der Waals surface area (Å²) in [4.78, 5) is 19.9. The van der Waals surface area contributed by atoms with Crippen LogP contribution in [0.5, 0.6) is 0 Å². The molecule has 2 N–H and O–H groups in total. The molecule has 0 saturated carbocycles. The maximum Gasteiger partial charge on any atom is 0.274 e. The van der Waals surface area contributed by atoms with Gasteiger partial charge >= 0.3 is 0 Å². The van der Waals surface area contributed by atoms with Crippen molar-refractivity contribution in [2.45, 2.75) is 12.5 Å². The van der Waals surface area contributed by atoms with E-state index in [2.05, 4.69) is 20.6 Å². The average Bonchev–Trinajstić information content (AvgIpc) is 2.89. The third kappa shape index (κ3) is 4.27. The summed E-state index contributed by atoms with van der Waals surface area (Å²) in [5, 5.41) is 5.23. The van der Waals surface area contributed by atoms with Gasteiger partial charge in [0.15, 0.2) is 9.84 Å². The number of carbonyl (C=O) groups excluding carboxylic acids is 1. The number of anilines is 2. The molecular weight excluding hydrogens is 354 g/mol. The Hall–Kier alpha value is -2.62. The van der Waals surface area contributed by atoms with Crippen LogP contribution in [0, 0.1) is 11.6 Å². The Balaban J connectivity index is 1.71. The van der Waals surface area contributed by atoms with Crippen molar-refractivity contribution in [3.05, 3.63) is 47.9 Å². The van der Waals surface area contributed by atoms with E-state index in [1.165, 1.54) is 6.07 Å². The minimum absolute atomic E-state index is 0.000671. The van der Waals surface area contributed by atoms with Gasteiger partial charge in [0.1, 0.15) is 29.5 Å². The molecule has 1 amide bonds. The molecule has 2 heterocycles. The average molecular weight is 368 g/mol. The molecule has 1 aliphatic heterocycles. The molecule has 0 aliphatic carbocycles. The summed E-state index contributed by atoms with van der Waals surface area (Å²) < 4.78 is 49.4. The number of sulfone groups is 1. The number of hydrogen-bond donors (Lipinski definition) is 2. The highest BCUT2D eigenvalue weighted by molar-refractivity contribution is 7.91. The van der Waals surface area contributed by atoms with Gasteiger partial charge in [0.25, 0.3) is 5.91 Å². The third-order valence-electron chi connectivity index (χ3n) is 3.66. The van der Waals surface area contributed by atoms with Crippen LogP contribution >= 0.6 is 0 Å². The van der Waals surface area contributed by atoms with Crippen LogP contribution in [0.2, 0.25) is 0 Å². The molecule has 1 aromatic heterocycles. The minimum Gasteiger partial charge on any atom is -0.366 e. The van der Waals surface area contributed by atoms with E-state index < -0.39 is 27.4 Å². The van der Waals surface area contributed by atoms with Gasteiger partial charge in [0.05, 0.1) is 17.2 Å². The van der Waals surface area contributed by atoms with Crippen molar-refractivity contribution in [3.63, 3.8) is 0 Å². The van der Waals surface area contributed by atoms with Gasteiger partial charge in [-0.1, -0.05) is 0 Å². The van der Waals surface area contributed by atoms with E-state index in [-0.39, 0.29) is 28.9 Å². The molecule has 1 atom stereocenters. The van der Waals surface area contributed by atoms with Gasteiger partial charge in [0, 0.05) is 18.2 Å². The second-order valence-corrected chi connectivity index (χ2v) is 7.84. The van der Waals surface area contributed by atoms with Crippen molar-refractivity contribution in [1.82, 2.24) is 9.97 Å². The lowest BCUT2D eigenvalue weighted by atomic mass is 10.2. The van der Waals surface area contributed by atoms with E-state index >= 15 is 0 Å². The first kappa shape index (κ1) is 17.2. The monoisotopic (exact) mass is 368 g/mol. The smallest absolute Gasteiger partial charge is 0.274 e. The molecule has 0 spiro atoms. The van der Waals surface area contributed by atoms with Gasteiger partial charge in [0.2, 0.25) is 0 Å². The number of benzene rings is 1. The predicted molar refractivity (Wildman–Crippen MR) is 87.0 cm³/mol. The molecular formula is C15H14F2N4O3S. The van der Waals surface area contributed by atoms with Crippen LogP contribution in [0.3, 0.4) is 0 Å². The summed E-state index contributed by atoms with van der Waals surface area (Å²) >= 11 is 0. The summed E-state index contributed by atoms with van der Waals surface area (Å²) in [6.45, 7) is 0. The quantitative estimate of drug-likeness (QED) is 0.850. The molecule has 10 heteroatoms. The molecule has 3 rings (SSSR count). The highest BCUT2D eigenvalue weighted by Crippen LogP contribution is 2.18. The predicted octanol–water partition coefficient (Wildman–Crippen LogP) is 1.61. The van der Waals surface area contributed by atoms with Crippen molar-refractivity contribution in [2.75, 3.05) is 22.1 Å². The fourth-order valence-corrected chi connectivity index (χ4v) is 4.13. The maximum absolute atomic E-state index is 13.6. The number of nitrogens with one attached hydrogen (secondary N) is 2. The Labute approximate surface area is 142 Å². The summed E-state index contributed by atoms with van der Waals surface area (Å²) in [5.41, 5.74) is -0.219. The van der Waals surface area contributed by atoms with Crippen molar-refractivity contribution in [1.29, 1.82) is 0 Å². The van der Waals surface area contributed by atoms with E-state index in [1.807, 2.05) is 0 Å². The van der Waals surface area contributed by atoms with Crippen molar-refractivity contribution in [2.24, 2.45) is 0 Å². The minimum atomic E-state index is -3.05. The molecule has 0 radical (unpaired) electrons. The topological polar surface area (TPSA) is 101 Å². The van der Waals surface area contributed by atoms with Crippen LogP contribution in [0.15, 0.2) is 30.6 Å². The van der Waals surface area contributed by atoms with E-state index in [0.29, 0.717) is 18.3 Å². The number of halogens is 2. The van der Waals surface area contributed by atoms with Gasteiger partial charge < -0.3 is 10.6 Å². The number of rotatable bonds is 4.